The standard InChI is InChI=1S/C23H40N4O4/c1-5-6-7-8-9-10-11-17(2)14-18(3)15-21(29)24-13-12-20(28)26-19-16-25-23(31)27(4)22(19)30/h10-11,17-19H,5-9,12-16H2,1-4H3,(H,24,29)(H,25,31)(H,26,28)/b11-10-/t17?,18?,19-/m1/s1. The number of urea groups is 1. The third-order valence-corrected chi connectivity index (χ3v) is 5.40. The zero-order valence-corrected chi connectivity index (χ0v) is 19.5. The second kappa shape index (κ2) is 14.6. The van der Waals surface area contributed by atoms with Gasteiger partial charge in [-0.25, -0.2) is 4.79 Å². The van der Waals surface area contributed by atoms with E-state index < -0.39 is 18.0 Å². The lowest BCUT2D eigenvalue weighted by Crippen LogP contribution is -2.61. The molecule has 0 aromatic rings. The van der Waals surface area contributed by atoms with E-state index in [9.17, 15) is 19.2 Å². The molecule has 1 aliphatic rings. The Balaban J connectivity index is 2.18. The van der Waals surface area contributed by atoms with E-state index in [2.05, 4.69) is 48.9 Å². The summed E-state index contributed by atoms with van der Waals surface area (Å²) < 4.78 is 0. The second-order valence-corrected chi connectivity index (χ2v) is 8.60. The average molecular weight is 437 g/mol. The number of likely N-dealkylation sites (N-methyl/N-ethyl adjacent to an activating group) is 1. The van der Waals surface area contributed by atoms with E-state index in [1.54, 1.807) is 0 Å². The van der Waals surface area contributed by atoms with E-state index in [0.717, 1.165) is 17.7 Å². The Hall–Kier alpha value is -2.38. The minimum Gasteiger partial charge on any atom is -0.356 e. The second-order valence-electron chi connectivity index (χ2n) is 8.60. The molecule has 0 radical (unpaired) electrons. The van der Waals surface area contributed by atoms with Crippen molar-refractivity contribution in [2.45, 2.75) is 78.2 Å². The molecular formula is C23H40N4O4. The van der Waals surface area contributed by atoms with Crippen molar-refractivity contribution in [3.63, 3.8) is 0 Å². The van der Waals surface area contributed by atoms with Crippen LogP contribution in [0.3, 0.4) is 0 Å². The number of unbranched alkanes of at least 4 members (excludes halogenated alkanes) is 4. The SMILES string of the molecule is CCCCCC/C=C\C(C)CC(C)CC(=O)NCCC(=O)N[C@@H]1CNC(=O)N(C)C1=O. The van der Waals surface area contributed by atoms with E-state index >= 15 is 0 Å². The van der Waals surface area contributed by atoms with Gasteiger partial charge in [0, 0.05) is 33.0 Å². The number of carbonyl (C=O) groups excluding carboxylic acids is 4. The minimum atomic E-state index is -0.771. The summed E-state index contributed by atoms with van der Waals surface area (Å²) in [4.78, 5) is 48.4. The third kappa shape index (κ3) is 11.0. The maximum absolute atomic E-state index is 12.1. The molecule has 0 spiro atoms. The van der Waals surface area contributed by atoms with Crippen LogP contribution in [-0.4, -0.2) is 54.8 Å². The Morgan fingerprint density at radius 1 is 1.19 bits per heavy atom. The number of nitrogens with zero attached hydrogens (tertiary/aromatic N) is 1. The fourth-order valence-electron chi connectivity index (χ4n) is 3.63. The van der Waals surface area contributed by atoms with E-state index in [-0.39, 0.29) is 37.2 Å². The maximum Gasteiger partial charge on any atom is 0.323 e. The van der Waals surface area contributed by atoms with E-state index in [1.807, 2.05) is 0 Å². The average Bonchev–Trinajstić information content (AvgIpc) is 2.70. The van der Waals surface area contributed by atoms with Gasteiger partial charge < -0.3 is 16.0 Å². The van der Waals surface area contributed by atoms with Gasteiger partial charge in [-0.2, -0.15) is 0 Å². The first-order chi connectivity index (χ1) is 14.7. The molecule has 0 aliphatic carbocycles. The molecule has 8 nitrogen and oxygen atoms in total. The lowest BCUT2D eigenvalue weighted by atomic mass is 9.94. The van der Waals surface area contributed by atoms with E-state index in [4.69, 9.17) is 0 Å². The first-order valence-electron chi connectivity index (χ1n) is 11.5. The molecule has 1 heterocycles. The van der Waals surface area contributed by atoms with Gasteiger partial charge in [-0.05, 0) is 31.1 Å². The van der Waals surface area contributed by atoms with Gasteiger partial charge in [-0.3, -0.25) is 19.3 Å². The van der Waals surface area contributed by atoms with Crippen LogP contribution >= 0.6 is 0 Å². The Morgan fingerprint density at radius 2 is 1.94 bits per heavy atom. The summed E-state index contributed by atoms with van der Waals surface area (Å²) >= 11 is 0. The summed E-state index contributed by atoms with van der Waals surface area (Å²) in [6.07, 6.45) is 12.2. The van der Waals surface area contributed by atoms with Gasteiger partial charge in [0.15, 0.2) is 0 Å². The molecule has 5 amide bonds. The van der Waals surface area contributed by atoms with Crippen molar-refractivity contribution >= 4 is 23.8 Å². The van der Waals surface area contributed by atoms with Crippen LogP contribution in [0.25, 0.3) is 0 Å². The Bertz CT molecular complexity index is 635. The predicted octanol–water partition coefficient (Wildman–Crippen LogP) is 2.74. The monoisotopic (exact) mass is 436 g/mol. The first kappa shape index (κ1) is 26.7. The number of amides is 5. The van der Waals surface area contributed by atoms with Crippen molar-refractivity contribution in [2.24, 2.45) is 11.8 Å². The number of hydrogen-bond donors (Lipinski definition) is 3. The molecule has 1 fully saturated rings. The molecular weight excluding hydrogens is 396 g/mol. The summed E-state index contributed by atoms with van der Waals surface area (Å²) in [5.74, 6) is -0.163. The zero-order valence-electron chi connectivity index (χ0n) is 19.5. The van der Waals surface area contributed by atoms with Crippen molar-refractivity contribution < 1.29 is 19.2 Å². The van der Waals surface area contributed by atoms with Crippen LogP contribution < -0.4 is 16.0 Å². The van der Waals surface area contributed by atoms with Crippen molar-refractivity contribution in [3.05, 3.63) is 12.2 Å². The van der Waals surface area contributed by atoms with Crippen LogP contribution in [-0.2, 0) is 14.4 Å². The van der Waals surface area contributed by atoms with Crippen molar-refractivity contribution in [1.82, 2.24) is 20.9 Å². The number of allylic oxidation sites excluding steroid dienone is 2. The maximum atomic E-state index is 12.1. The van der Waals surface area contributed by atoms with Crippen LogP contribution in [0.4, 0.5) is 4.79 Å². The highest BCUT2D eigenvalue weighted by atomic mass is 16.2. The molecule has 0 bridgehead atoms. The van der Waals surface area contributed by atoms with Gasteiger partial charge >= 0.3 is 6.03 Å². The normalized spacial score (nSPS) is 18.6. The summed E-state index contributed by atoms with van der Waals surface area (Å²) in [6.45, 7) is 6.74. The molecule has 1 aliphatic heterocycles. The van der Waals surface area contributed by atoms with Crippen LogP contribution in [0, 0.1) is 11.8 Å². The van der Waals surface area contributed by atoms with Gasteiger partial charge in [0.1, 0.15) is 6.04 Å². The largest absolute Gasteiger partial charge is 0.356 e. The quantitative estimate of drug-likeness (QED) is 0.287. The Morgan fingerprint density at radius 3 is 2.65 bits per heavy atom. The van der Waals surface area contributed by atoms with Gasteiger partial charge in [0.25, 0.3) is 5.91 Å². The van der Waals surface area contributed by atoms with Gasteiger partial charge in [-0.15, -0.1) is 0 Å². The molecule has 1 saturated heterocycles. The zero-order chi connectivity index (χ0) is 23.2. The molecule has 8 heteroatoms. The van der Waals surface area contributed by atoms with Gasteiger partial charge in [0.05, 0.1) is 0 Å². The molecule has 3 N–H and O–H groups in total. The van der Waals surface area contributed by atoms with Crippen LogP contribution in [0.2, 0.25) is 0 Å². The lowest BCUT2D eigenvalue weighted by molar-refractivity contribution is -0.134. The molecule has 0 saturated carbocycles. The fraction of sp³-hybridized carbons (Fsp3) is 0.739. The lowest BCUT2D eigenvalue weighted by Gasteiger charge is -2.29. The van der Waals surface area contributed by atoms with Crippen LogP contribution in [0.15, 0.2) is 12.2 Å². The Kier molecular flexibility index (Phi) is 12.5. The summed E-state index contributed by atoms with van der Waals surface area (Å²) in [7, 11) is 1.36. The van der Waals surface area contributed by atoms with Crippen molar-refractivity contribution in [1.29, 1.82) is 0 Å². The summed E-state index contributed by atoms with van der Waals surface area (Å²) in [6, 6.07) is -1.25. The number of imide groups is 1. The molecule has 2 unspecified atom stereocenters. The smallest absolute Gasteiger partial charge is 0.323 e. The van der Waals surface area contributed by atoms with Crippen molar-refractivity contribution in [3.8, 4) is 0 Å². The topological polar surface area (TPSA) is 108 Å². The summed E-state index contributed by atoms with van der Waals surface area (Å²) in [5, 5.41) is 7.89. The van der Waals surface area contributed by atoms with E-state index in [0.29, 0.717) is 12.3 Å². The minimum absolute atomic E-state index is 0.0724. The fourth-order valence-corrected chi connectivity index (χ4v) is 3.63. The summed E-state index contributed by atoms with van der Waals surface area (Å²) in [5.41, 5.74) is 0. The molecule has 31 heavy (non-hydrogen) atoms. The predicted molar refractivity (Wildman–Crippen MR) is 121 cm³/mol. The number of nitrogens with one attached hydrogen (secondary N) is 3. The first-order valence-corrected chi connectivity index (χ1v) is 11.5. The number of carbonyl (C=O) groups is 4. The van der Waals surface area contributed by atoms with Gasteiger partial charge in [-0.1, -0.05) is 52.2 Å². The number of hydrogen-bond acceptors (Lipinski definition) is 4. The van der Waals surface area contributed by atoms with E-state index in [1.165, 1.54) is 32.7 Å². The molecule has 0 aromatic carbocycles. The highest BCUT2D eigenvalue weighted by molar-refractivity contribution is 6.01. The van der Waals surface area contributed by atoms with Crippen molar-refractivity contribution in [2.75, 3.05) is 20.1 Å². The molecule has 1 rings (SSSR count). The highest BCUT2D eigenvalue weighted by Gasteiger charge is 2.32. The Labute approximate surface area is 186 Å². The molecule has 3 atom stereocenters. The molecule has 0 aromatic heterocycles. The third-order valence-electron chi connectivity index (χ3n) is 5.40. The molecule has 176 valence electrons. The van der Waals surface area contributed by atoms with Crippen LogP contribution in [0.5, 0.6) is 0 Å². The highest BCUT2D eigenvalue weighted by Crippen LogP contribution is 2.17. The van der Waals surface area contributed by atoms with Crippen LogP contribution in [0.1, 0.15) is 72.1 Å². The number of rotatable bonds is 14. The van der Waals surface area contributed by atoms with Gasteiger partial charge in [0.2, 0.25) is 11.8 Å².